The van der Waals surface area contributed by atoms with Crippen LogP contribution in [0.5, 0.6) is 0 Å². The quantitative estimate of drug-likeness (QED) is 0.618. The predicted molar refractivity (Wildman–Crippen MR) is 66.0 cm³/mol. The third-order valence-corrected chi connectivity index (χ3v) is 4.05. The minimum absolute atomic E-state index is 0.0247. The van der Waals surface area contributed by atoms with Crippen molar-refractivity contribution in [2.75, 3.05) is 0 Å². The van der Waals surface area contributed by atoms with Gasteiger partial charge >= 0.3 is 0 Å². The Balaban J connectivity index is 2.27. The Bertz CT molecular complexity index is 684. The van der Waals surface area contributed by atoms with Crippen LogP contribution in [0.25, 0.3) is 0 Å². The number of sulfone groups is 1. The van der Waals surface area contributed by atoms with Gasteiger partial charge in [-0.3, -0.25) is 10.1 Å². The van der Waals surface area contributed by atoms with Gasteiger partial charge in [0.25, 0.3) is 5.69 Å². The fourth-order valence-electron chi connectivity index (χ4n) is 1.46. The Morgan fingerprint density at radius 3 is 2.37 bits per heavy atom. The maximum absolute atomic E-state index is 12.1. The lowest BCUT2D eigenvalue weighted by Gasteiger charge is -2.03. The normalized spacial score (nSPS) is 11.2. The highest BCUT2D eigenvalue weighted by molar-refractivity contribution is 7.90. The summed E-state index contributed by atoms with van der Waals surface area (Å²) in [6.45, 7) is 0. The molecular weight excluding hydrogens is 270 g/mol. The van der Waals surface area contributed by atoms with E-state index in [9.17, 15) is 18.5 Å². The largest absolute Gasteiger partial charge is 0.269 e. The summed E-state index contributed by atoms with van der Waals surface area (Å²) >= 11 is 0. The molecule has 0 aliphatic rings. The third-order valence-electron chi connectivity index (χ3n) is 2.39. The van der Waals surface area contributed by atoms with Crippen LogP contribution in [0.4, 0.5) is 5.69 Å². The summed E-state index contributed by atoms with van der Waals surface area (Å²) in [5, 5.41) is 10.5. The highest BCUT2D eigenvalue weighted by Crippen LogP contribution is 2.19. The lowest BCUT2D eigenvalue weighted by molar-refractivity contribution is -0.384. The second-order valence-electron chi connectivity index (χ2n) is 3.71. The van der Waals surface area contributed by atoms with Gasteiger partial charge in [-0.2, -0.15) is 0 Å². The Morgan fingerprint density at radius 2 is 1.84 bits per heavy atom. The topological polar surface area (TPSA) is 103 Å². The molecular formula is C11H9N3O4S. The Kier molecular flexibility index (Phi) is 3.52. The molecule has 19 heavy (non-hydrogen) atoms. The Labute approximate surface area is 109 Å². The lowest BCUT2D eigenvalue weighted by atomic mass is 10.3. The van der Waals surface area contributed by atoms with E-state index in [1.165, 1.54) is 30.7 Å². The number of aromatic nitrogens is 2. The van der Waals surface area contributed by atoms with Crippen molar-refractivity contribution >= 4 is 15.5 Å². The molecule has 0 N–H and O–H groups in total. The summed E-state index contributed by atoms with van der Waals surface area (Å²) in [5.74, 6) is -0.271. The standard InChI is InChI=1S/C11H9N3O4S/c15-14(16)10-1-3-11(4-2-10)19(17,18)7-9-5-6-12-8-13-9/h1-6,8H,7H2. The van der Waals surface area contributed by atoms with Crippen molar-refractivity contribution < 1.29 is 13.3 Å². The van der Waals surface area contributed by atoms with Crippen LogP contribution in [0.2, 0.25) is 0 Å². The van der Waals surface area contributed by atoms with Crippen LogP contribution in [0.1, 0.15) is 5.69 Å². The summed E-state index contributed by atoms with van der Waals surface area (Å²) in [4.78, 5) is 17.5. The zero-order chi connectivity index (χ0) is 13.9. The average molecular weight is 279 g/mol. The zero-order valence-electron chi connectivity index (χ0n) is 9.63. The van der Waals surface area contributed by atoms with Gasteiger partial charge in [0.2, 0.25) is 0 Å². The fraction of sp³-hybridized carbons (Fsp3) is 0.0909. The maximum Gasteiger partial charge on any atom is 0.269 e. The first kappa shape index (κ1) is 13.1. The molecule has 0 radical (unpaired) electrons. The van der Waals surface area contributed by atoms with Crippen LogP contribution >= 0.6 is 0 Å². The summed E-state index contributed by atoms with van der Waals surface area (Å²) in [6.07, 6.45) is 2.72. The second-order valence-corrected chi connectivity index (χ2v) is 5.70. The molecule has 0 fully saturated rings. The molecule has 0 amide bonds. The van der Waals surface area contributed by atoms with E-state index < -0.39 is 14.8 Å². The first-order valence-corrected chi connectivity index (χ1v) is 6.86. The van der Waals surface area contributed by atoms with Gasteiger partial charge in [0.05, 0.1) is 21.3 Å². The van der Waals surface area contributed by atoms with Crippen molar-refractivity contribution in [1.82, 2.24) is 9.97 Å². The van der Waals surface area contributed by atoms with Crippen LogP contribution in [0.15, 0.2) is 47.8 Å². The maximum atomic E-state index is 12.1. The van der Waals surface area contributed by atoms with Gasteiger partial charge in [0.15, 0.2) is 9.84 Å². The van der Waals surface area contributed by atoms with Crippen molar-refractivity contribution in [3.8, 4) is 0 Å². The van der Waals surface area contributed by atoms with Crippen molar-refractivity contribution in [1.29, 1.82) is 0 Å². The first-order chi connectivity index (χ1) is 8.99. The molecule has 0 bridgehead atoms. The molecule has 8 heteroatoms. The van der Waals surface area contributed by atoms with E-state index in [2.05, 4.69) is 9.97 Å². The summed E-state index contributed by atoms with van der Waals surface area (Å²) in [5.41, 5.74) is 0.217. The number of benzene rings is 1. The minimum atomic E-state index is -3.57. The lowest BCUT2D eigenvalue weighted by Crippen LogP contribution is -2.06. The zero-order valence-corrected chi connectivity index (χ0v) is 10.4. The number of nitro groups is 1. The number of nitro benzene ring substituents is 1. The summed E-state index contributed by atoms with van der Waals surface area (Å²) < 4.78 is 24.1. The van der Waals surface area contributed by atoms with Gasteiger partial charge in [-0.1, -0.05) is 0 Å². The molecule has 0 spiro atoms. The molecule has 1 aromatic carbocycles. The van der Waals surface area contributed by atoms with Gasteiger partial charge in [-0.15, -0.1) is 0 Å². The van der Waals surface area contributed by atoms with Crippen molar-refractivity contribution in [2.24, 2.45) is 0 Å². The van der Waals surface area contributed by atoms with Crippen molar-refractivity contribution in [3.63, 3.8) is 0 Å². The molecule has 2 rings (SSSR count). The van der Waals surface area contributed by atoms with Crippen molar-refractivity contribution in [3.05, 3.63) is 58.7 Å². The van der Waals surface area contributed by atoms with Gasteiger partial charge in [0, 0.05) is 18.3 Å². The first-order valence-electron chi connectivity index (χ1n) is 5.21. The van der Waals surface area contributed by atoms with Gasteiger partial charge in [-0.05, 0) is 18.2 Å². The van der Waals surface area contributed by atoms with E-state index in [1.807, 2.05) is 0 Å². The summed E-state index contributed by atoms with van der Waals surface area (Å²) in [7, 11) is -3.57. The number of rotatable bonds is 4. The van der Waals surface area contributed by atoms with Crippen LogP contribution in [0, 0.1) is 10.1 Å². The molecule has 0 atom stereocenters. The van der Waals surface area contributed by atoms with Crippen LogP contribution in [0.3, 0.4) is 0 Å². The molecule has 1 aromatic heterocycles. The number of hydrogen-bond donors (Lipinski definition) is 0. The molecule has 1 heterocycles. The van der Waals surface area contributed by atoms with E-state index >= 15 is 0 Å². The molecule has 98 valence electrons. The molecule has 7 nitrogen and oxygen atoms in total. The van der Waals surface area contributed by atoms with Crippen LogP contribution in [-0.2, 0) is 15.6 Å². The van der Waals surface area contributed by atoms with E-state index in [0.717, 1.165) is 12.1 Å². The Morgan fingerprint density at radius 1 is 1.16 bits per heavy atom. The van der Waals surface area contributed by atoms with E-state index in [1.54, 1.807) is 0 Å². The van der Waals surface area contributed by atoms with Gasteiger partial charge < -0.3 is 0 Å². The monoisotopic (exact) mass is 279 g/mol. The smallest absolute Gasteiger partial charge is 0.258 e. The van der Waals surface area contributed by atoms with Crippen LogP contribution in [-0.4, -0.2) is 23.3 Å². The molecule has 0 aliphatic carbocycles. The number of hydrogen-bond acceptors (Lipinski definition) is 6. The highest BCUT2D eigenvalue weighted by atomic mass is 32.2. The number of nitrogens with zero attached hydrogens (tertiary/aromatic N) is 3. The Hall–Kier alpha value is -2.35. The molecule has 0 saturated heterocycles. The summed E-state index contributed by atoms with van der Waals surface area (Å²) in [6, 6.07) is 6.26. The van der Waals surface area contributed by atoms with E-state index in [0.29, 0.717) is 5.69 Å². The predicted octanol–water partition coefficient (Wildman–Crippen LogP) is 1.36. The third kappa shape index (κ3) is 3.10. The van der Waals surface area contributed by atoms with Crippen molar-refractivity contribution in [2.45, 2.75) is 10.6 Å². The SMILES string of the molecule is O=[N+]([O-])c1ccc(S(=O)(=O)Cc2ccncn2)cc1. The molecule has 0 unspecified atom stereocenters. The second kappa shape index (κ2) is 5.11. The van der Waals surface area contributed by atoms with Gasteiger partial charge in [0.1, 0.15) is 6.33 Å². The van der Waals surface area contributed by atoms with Gasteiger partial charge in [-0.25, -0.2) is 18.4 Å². The number of non-ortho nitro benzene ring substituents is 1. The molecule has 0 aliphatic heterocycles. The van der Waals surface area contributed by atoms with E-state index in [-0.39, 0.29) is 16.3 Å². The minimum Gasteiger partial charge on any atom is -0.258 e. The highest BCUT2D eigenvalue weighted by Gasteiger charge is 2.17. The average Bonchev–Trinajstić information content (AvgIpc) is 2.39. The molecule has 2 aromatic rings. The van der Waals surface area contributed by atoms with E-state index in [4.69, 9.17) is 0 Å². The van der Waals surface area contributed by atoms with Crippen LogP contribution < -0.4 is 0 Å². The molecule has 0 saturated carbocycles. The fourth-order valence-corrected chi connectivity index (χ4v) is 2.73.